The molecule has 0 atom stereocenters. The molecule has 0 radical (unpaired) electrons. The van der Waals surface area contributed by atoms with Gasteiger partial charge in [-0.2, -0.15) is 5.10 Å². The number of amides is 1. The third kappa shape index (κ3) is 6.04. The van der Waals surface area contributed by atoms with E-state index in [1.807, 2.05) is 19.1 Å². The van der Waals surface area contributed by atoms with E-state index in [1.165, 1.54) is 0 Å². The van der Waals surface area contributed by atoms with E-state index in [1.54, 1.807) is 42.6 Å². The molecule has 0 spiro atoms. The molecule has 0 bridgehead atoms. The molecule has 0 unspecified atom stereocenters. The van der Waals surface area contributed by atoms with Gasteiger partial charge in [-0.1, -0.05) is 25.0 Å². The number of hydrazone groups is 1. The minimum absolute atomic E-state index is 0.204. The van der Waals surface area contributed by atoms with Gasteiger partial charge in [-0.25, -0.2) is 5.43 Å². The summed E-state index contributed by atoms with van der Waals surface area (Å²) >= 11 is 0. The van der Waals surface area contributed by atoms with Crippen LogP contribution in [0.3, 0.4) is 0 Å². The van der Waals surface area contributed by atoms with Crippen LogP contribution < -0.4 is 14.9 Å². The molecule has 2 rings (SSSR count). The highest BCUT2D eigenvalue weighted by atomic mass is 16.5. The highest BCUT2D eigenvalue weighted by Gasteiger charge is 2.04. The third-order valence-electron chi connectivity index (χ3n) is 3.15. The quantitative estimate of drug-likeness (QED) is 0.457. The van der Waals surface area contributed by atoms with E-state index in [2.05, 4.69) is 16.4 Å². The van der Waals surface area contributed by atoms with Crippen LogP contribution in [0.2, 0.25) is 0 Å². The van der Waals surface area contributed by atoms with Crippen molar-refractivity contribution in [3.8, 4) is 23.8 Å². The van der Waals surface area contributed by atoms with Gasteiger partial charge in [-0.15, -0.1) is 6.42 Å². The molecule has 0 aliphatic carbocycles. The zero-order valence-electron chi connectivity index (χ0n) is 14.1. The molecule has 1 N–H and O–H groups in total. The van der Waals surface area contributed by atoms with E-state index in [9.17, 15) is 4.79 Å². The van der Waals surface area contributed by atoms with Gasteiger partial charge >= 0.3 is 0 Å². The first-order valence-corrected chi connectivity index (χ1v) is 7.95. The standard InChI is InChI=1S/C20H20N2O3/c1-3-12-24-18-10-8-17(9-11-18)20(23)22-21-15-16-6-5-7-19(14-16)25-13-4-2/h2,5-11,14-15H,3,12-13H2,1H3,(H,22,23)/b21-15-. The van der Waals surface area contributed by atoms with Crippen LogP contribution in [0.1, 0.15) is 29.3 Å². The summed E-state index contributed by atoms with van der Waals surface area (Å²) in [6.07, 6.45) is 7.64. The van der Waals surface area contributed by atoms with E-state index in [4.69, 9.17) is 15.9 Å². The summed E-state index contributed by atoms with van der Waals surface area (Å²) in [7, 11) is 0. The summed E-state index contributed by atoms with van der Waals surface area (Å²) in [6, 6.07) is 14.2. The molecule has 2 aromatic carbocycles. The minimum atomic E-state index is -0.293. The Morgan fingerprint density at radius 3 is 2.72 bits per heavy atom. The lowest BCUT2D eigenvalue weighted by atomic mass is 10.2. The summed E-state index contributed by atoms with van der Waals surface area (Å²) in [5, 5.41) is 3.96. The van der Waals surface area contributed by atoms with Crippen molar-refractivity contribution in [2.24, 2.45) is 5.10 Å². The molecule has 1 amide bonds. The van der Waals surface area contributed by atoms with Crippen LogP contribution in [0.25, 0.3) is 0 Å². The molecule has 25 heavy (non-hydrogen) atoms. The predicted molar refractivity (Wildman–Crippen MR) is 98.1 cm³/mol. The van der Waals surface area contributed by atoms with E-state index < -0.39 is 0 Å². The van der Waals surface area contributed by atoms with Crippen molar-refractivity contribution < 1.29 is 14.3 Å². The maximum Gasteiger partial charge on any atom is 0.271 e. The average molecular weight is 336 g/mol. The lowest BCUT2D eigenvalue weighted by molar-refractivity contribution is 0.0955. The van der Waals surface area contributed by atoms with E-state index in [0.717, 1.165) is 17.7 Å². The van der Waals surface area contributed by atoms with Crippen molar-refractivity contribution in [2.45, 2.75) is 13.3 Å². The van der Waals surface area contributed by atoms with Crippen molar-refractivity contribution >= 4 is 12.1 Å². The summed E-state index contributed by atoms with van der Waals surface area (Å²) in [4.78, 5) is 12.1. The number of nitrogens with one attached hydrogen (secondary N) is 1. The maximum atomic E-state index is 12.1. The smallest absolute Gasteiger partial charge is 0.271 e. The largest absolute Gasteiger partial charge is 0.494 e. The second kappa shape index (κ2) is 9.78. The van der Waals surface area contributed by atoms with Gasteiger partial charge in [0, 0.05) is 5.56 Å². The van der Waals surface area contributed by atoms with Crippen LogP contribution in [0.15, 0.2) is 53.6 Å². The van der Waals surface area contributed by atoms with E-state index >= 15 is 0 Å². The number of carbonyl (C=O) groups excluding carboxylic acids is 1. The van der Waals surface area contributed by atoms with Crippen molar-refractivity contribution in [1.29, 1.82) is 0 Å². The van der Waals surface area contributed by atoms with Crippen LogP contribution in [0.4, 0.5) is 0 Å². The Bertz CT molecular complexity index is 761. The van der Waals surface area contributed by atoms with Gasteiger partial charge in [0.2, 0.25) is 0 Å². The number of ether oxygens (including phenoxy) is 2. The summed E-state index contributed by atoms with van der Waals surface area (Å²) in [6.45, 7) is 2.89. The molecule has 0 aromatic heterocycles. The summed E-state index contributed by atoms with van der Waals surface area (Å²) in [5.74, 6) is 3.50. The Balaban J connectivity index is 1.90. The fraction of sp³-hybridized carbons (Fsp3) is 0.200. The first-order chi connectivity index (χ1) is 12.2. The normalized spacial score (nSPS) is 10.2. The van der Waals surface area contributed by atoms with Crippen molar-refractivity contribution in [1.82, 2.24) is 5.43 Å². The summed E-state index contributed by atoms with van der Waals surface area (Å²) in [5.41, 5.74) is 3.79. The topological polar surface area (TPSA) is 59.9 Å². The molecule has 0 saturated heterocycles. The Morgan fingerprint density at radius 1 is 1.20 bits per heavy atom. The van der Waals surface area contributed by atoms with Crippen LogP contribution >= 0.6 is 0 Å². The molecule has 5 heteroatoms. The lowest BCUT2D eigenvalue weighted by Gasteiger charge is -2.05. The number of rotatable bonds is 8. The number of hydrogen-bond acceptors (Lipinski definition) is 4. The first-order valence-electron chi connectivity index (χ1n) is 7.95. The van der Waals surface area contributed by atoms with Gasteiger partial charge in [0.25, 0.3) is 5.91 Å². The van der Waals surface area contributed by atoms with Gasteiger partial charge in [0.1, 0.15) is 18.1 Å². The molecule has 0 fully saturated rings. The number of carbonyl (C=O) groups is 1. The molecule has 0 saturated carbocycles. The fourth-order valence-corrected chi connectivity index (χ4v) is 1.96. The Labute approximate surface area is 147 Å². The van der Waals surface area contributed by atoms with Crippen LogP contribution in [0, 0.1) is 12.3 Å². The molecule has 128 valence electrons. The van der Waals surface area contributed by atoms with Gasteiger partial charge in [0.15, 0.2) is 0 Å². The Hall–Kier alpha value is -3.26. The number of nitrogens with zero attached hydrogens (tertiary/aromatic N) is 1. The lowest BCUT2D eigenvalue weighted by Crippen LogP contribution is -2.17. The van der Waals surface area contributed by atoms with Crippen molar-refractivity contribution in [2.75, 3.05) is 13.2 Å². The SMILES string of the molecule is C#CCOc1cccc(/C=N\NC(=O)c2ccc(OCCC)cc2)c1. The molecular weight excluding hydrogens is 316 g/mol. The minimum Gasteiger partial charge on any atom is -0.494 e. The molecule has 0 aliphatic heterocycles. The van der Waals surface area contributed by atoms with Gasteiger partial charge in [0.05, 0.1) is 12.8 Å². The van der Waals surface area contributed by atoms with Gasteiger partial charge in [-0.3, -0.25) is 4.79 Å². The zero-order valence-corrected chi connectivity index (χ0v) is 14.1. The van der Waals surface area contributed by atoms with Crippen LogP contribution in [-0.2, 0) is 0 Å². The van der Waals surface area contributed by atoms with E-state index in [0.29, 0.717) is 17.9 Å². The fourth-order valence-electron chi connectivity index (χ4n) is 1.96. The molecule has 0 heterocycles. The Morgan fingerprint density at radius 2 is 2.00 bits per heavy atom. The zero-order chi connectivity index (χ0) is 17.9. The number of hydrogen-bond donors (Lipinski definition) is 1. The number of benzene rings is 2. The molecule has 2 aromatic rings. The van der Waals surface area contributed by atoms with Gasteiger partial charge in [-0.05, 0) is 48.4 Å². The second-order valence-corrected chi connectivity index (χ2v) is 5.14. The van der Waals surface area contributed by atoms with Crippen molar-refractivity contribution in [3.63, 3.8) is 0 Å². The van der Waals surface area contributed by atoms with Gasteiger partial charge < -0.3 is 9.47 Å². The van der Waals surface area contributed by atoms with Crippen molar-refractivity contribution in [3.05, 3.63) is 59.7 Å². The molecule has 0 aliphatic rings. The molecule has 5 nitrogen and oxygen atoms in total. The first kappa shape index (κ1) is 18.1. The second-order valence-electron chi connectivity index (χ2n) is 5.14. The monoisotopic (exact) mass is 336 g/mol. The number of terminal acetylenes is 1. The Kier molecular flexibility index (Phi) is 7.08. The van der Waals surface area contributed by atoms with Crippen LogP contribution in [0.5, 0.6) is 11.5 Å². The summed E-state index contributed by atoms with van der Waals surface area (Å²) < 4.78 is 10.8. The predicted octanol–water partition coefficient (Wildman–Crippen LogP) is 3.25. The highest BCUT2D eigenvalue weighted by Crippen LogP contribution is 2.13. The third-order valence-corrected chi connectivity index (χ3v) is 3.15. The van der Waals surface area contributed by atoms with E-state index in [-0.39, 0.29) is 12.5 Å². The highest BCUT2D eigenvalue weighted by molar-refractivity contribution is 5.95. The average Bonchev–Trinajstić information content (AvgIpc) is 2.65. The van der Waals surface area contributed by atoms with Crippen LogP contribution in [-0.4, -0.2) is 25.3 Å². The maximum absolute atomic E-state index is 12.1. The molecular formula is C20H20N2O3.